The van der Waals surface area contributed by atoms with Crippen LogP contribution in [0.4, 0.5) is 0 Å². The topological polar surface area (TPSA) is 40.1 Å². The van der Waals surface area contributed by atoms with Crippen molar-refractivity contribution in [1.82, 2.24) is 0 Å². The monoisotopic (exact) mass is 362 g/mol. The maximum absolute atomic E-state index is 12.3. The molecule has 136 valence electrons. The third-order valence-corrected chi connectivity index (χ3v) is 4.72. The molecule has 3 heteroatoms. The van der Waals surface area contributed by atoms with Crippen molar-refractivity contribution in [3.05, 3.63) is 88.5 Å². The number of ketones is 1. The van der Waals surface area contributed by atoms with E-state index >= 15 is 0 Å². The van der Waals surface area contributed by atoms with Gasteiger partial charge in [-0.3, -0.25) is 4.79 Å². The average Bonchev–Trinajstić information content (AvgIpc) is 2.68. The molecule has 0 radical (unpaired) electrons. The van der Waals surface area contributed by atoms with Crippen molar-refractivity contribution in [1.29, 1.82) is 0 Å². The van der Waals surface area contributed by atoms with Crippen molar-refractivity contribution in [2.45, 2.75) is 27.2 Å². The summed E-state index contributed by atoms with van der Waals surface area (Å²) in [6.07, 6.45) is 4.78. The zero-order chi connectivity index (χ0) is 19.4. The number of carbonyl (C=O) groups is 1. The van der Waals surface area contributed by atoms with E-state index in [0.29, 0.717) is 12.0 Å². The largest absolute Gasteiger partial charge is 1.00 e. The van der Waals surface area contributed by atoms with E-state index < -0.39 is 0 Å². The van der Waals surface area contributed by atoms with Gasteiger partial charge in [0.1, 0.15) is 0 Å². The van der Waals surface area contributed by atoms with E-state index in [-0.39, 0.29) is 36.0 Å². The number of hydrogen-bond acceptors (Lipinski definition) is 2. The Morgan fingerprint density at radius 2 is 1.43 bits per heavy atom. The molecule has 0 saturated carbocycles. The predicted octanol–water partition coefficient (Wildman–Crippen LogP) is 2.68. The Morgan fingerprint density at radius 1 is 0.893 bits per heavy atom. The second-order valence-electron chi connectivity index (χ2n) is 6.79. The average molecular weight is 362 g/mol. The standard InChI is InChI=1S/C25H24O2.Li/c1-4-21-15-23(16-24(18(3)26)25(21)27)22-13-11-20(12-14-22)10-9-19-7-5-17(2)6-8-19;/h5-16,27H,4H2,1-3H3;/q;+1/p-1/b10-9+;. The summed E-state index contributed by atoms with van der Waals surface area (Å²) in [6.45, 7) is 5.45. The summed E-state index contributed by atoms with van der Waals surface area (Å²) in [4.78, 5) is 11.8. The van der Waals surface area contributed by atoms with Gasteiger partial charge in [0.05, 0.1) is 0 Å². The third-order valence-electron chi connectivity index (χ3n) is 4.72. The van der Waals surface area contributed by atoms with Crippen LogP contribution in [0.3, 0.4) is 0 Å². The van der Waals surface area contributed by atoms with Crippen LogP contribution in [0.25, 0.3) is 23.3 Å². The van der Waals surface area contributed by atoms with Crippen molar-refractivity contribution in [3.8, 4) is 16.9 Å². The Morgan fingerprint density at radius 3 is 1.93 bits per heavy atom. The molecule has 0 atom stereocenters. The van der Waals surface area contributed by atoms with Crippen LogP contribution >= 0.6 is 0 Å². The number of rotatable bonds is 5. The van der Waals surface area contributed by atoms with Crippen LogP contribution in [0.5, 0.6) is 5.75 Å². The Labute approximate surface area is 179 Å². The van der Waals surface area contributed by atoms with Gasteiger partial charge in [-0.2, -0.15) is 0 Å². The van der Waals surface area contributed by atoms with Crippen molar-refractivity contribution in [3.63, 3.8) is 0 Å². The van der Waals surface area contributed by atoms with Gasteiger partial charge in [-0.25, -0.2) is 0 Å². The van der Waals surface area contributed by atoms with Crippen LogP contribution in [0.2, 0.25) is 0 Å². The second kappa shape index (κ2) is 9.60. The van der Waals surface area contributed by atoms with Gasteiger partial charge in [-0.05, 0) is 48.6 Å². The van der Waals surface area contributed by atoms with Gasteiger partial charge in [0.2, 0.25) is 0 Å². The van der Waals surface area contributed by atoms with Gasteiger partial charge >= 0.3 is 18.9 Å². The maximum Gasteiger partial charge on any atom is 1.00 e. The summed E-state index contributed by atoms with van der Waals surface area (Å²) in [5.74, 6) is -0.333. The smallest absolute Gasteiger partial charge is 0.872 e. The van der Waals surface area contributed by atoms with E-state index in [0.717, 1.165) is 22.3 Å². The molecular weight excluding hydrogens is 339 g/mol. The fourth-order valence-corrected chi connectivity index (χ4v) is 3.04. The molecule has 0 saturated heterocycles. The molecule has 2 nitrogen and oxygen atoms in total. The van der Waals surface area contributed by atoms with E-state index in [1.54, 1.807) is 6.07 Å². The minimum absolute atomic E-state index is 0. The fraction of sp³-hybridized carbons (Fsp3) is 0.160. The van der Waals surface area contributed by atoms with Gasteiger partial charge in [0, 0.05) is 5.56 Å². The summed E-state index contributed by atoms with van der Waals surface area (Å²) in [6, 6.07) is 20.1. The molecule has 0 unspecified atom stereocenters. The number of aryl methyl sites for hydroxylation is 2. The van der Waals surface area contributed by atoms with Crippen LogP contribution in [-0.4, -0.2) is 5.78 Å². The van der Waals surface area contributed by atoms with Crippen LogP contribution < -0.4 is 24.0 Å². The first kappa shape index (κ1) is 21.8. The first-order valence-electron chi connectivity index (χ1n) is 9.18. The molecule has 0 heterocycles. The zero-order valence-corrected chi connectivity index (χ0v) is 17.0. The van der Waals surface area contributed by atoms with Crippen molar-refractivity contribution >= 4 is 17.9 Å². The number of benzene rings is 3. The Hall–Kier alpha value is -2.53. The first-order chi connectivity index (χ1) is 13.0. The third kappa shape index (κ3) is 5.04. The molecule has 0 aliphatic rings. The summed E-state index contributed by atoms with van der Waals surface area (Å²) in [7, 11) is 0. The van der Waals surface area contributed by atoms with Crippen LogP contribution in [0.15, 0.2) is 60.7 Å². The summed E-state index contributed by atoms with van der Waals surface area (Å²) < 4.78 is 0. The summed E-state index contributed by atoms with van der Waals surface area (Å²) in [5.41, 5.74) is 6.37. The number of Topliss-reactive ketones (excluding diaryl/α,β-unsaturated/α-hetero) is 1. The molecule has 3 aromatic carbocycles. The number of carbonyl (C=O) groups excluding carboxylic acids is 1. The van der Waals surface area contributed by atoms with Gasteiger partial charge < -0.3 is 5.11 Å². The van der Waals surface area contributed by atoms with Crippen LogP contribution in [0.1, 0.15) is 46.5 Å². The van der Waals surface area contributed by atoms with Gasteiger partial charge in [0.15, 0.2) is 5.78 Å². The van der Waals surface area contributed by atoms with Crippen LogP contribution in [0, 0.1) is 6.92 Å². The quantitative estimate of drug-likeness (QED) is 0.398. The van der Waals surface area contributed by atoms with Crippen molar-refractivity contribution in [2.24, 2.45) is 0 Å². The minimum atomic E-state index is -0.186. The minimum Gasteiger partial charge on any atom is -0.872 e. The molecule has 0 N–H and O–H groups in total. The Bertz CT molecular complexity index is 984. The number of hydrogen-bond donors (Lipinski definition) is 0. The predicted molar refractivity (Wildman–Crippen MR) is 111 cm³/mol. The van der Waals surface area contributed by atoms with Gasteiger partial charge in [-0.1, -0.05) is 90.5 Å². The van der Waals surface area contributed by atoms with Crippen molar-refractivity contribution < 1.29 is 28.8 Å². The molecule has 0 spiro atoms. The second-order valence-corrected chi connectivity index (χ2v) is 6.79. The zero-order valence-electron chi connectivity index (χ0n) is 17.0. The molecule has 28 heavy (non-hydrogen) atoms. The molecule has 0 aliphatic heterocycles. The molecule has 3 aromatic rings. The normalized spacial score (nSPS) is 10.7. The van der Waals surface area contributed by atoms with E-state index in [4.69, 9.17) is 0 Å². The van der Waals surface area contributed by atoms with E-state index in [9.17, 15) is 9.90 Å². The fourth-order valence-electron chi connectivity index (χ4n) is 3.04. The molecule has 0 bridgehead atoms. The molecular formula is C25H23LiO2. The molecule has 0 amide bonds. The van der Waals surface area contributed by atoms with E-state index in [1.165, 1.54) is 12.5 Å². The van der Waals surface area contributed by atoms with Gasteiger partial charge in [0.25, 0.3) is 0 Å². The van der Waals surface area contributed by atoms with Gasteiger partial charge in [-0.15, -0.1) is 0 Å². The Kier molecular flexibility index (Phi) is 7.46. The summed E-state index contributed by atoms with van der Waals surface area (Å²) >= 11 is 0. The molecule has 0 aromatic heterocycles. The molecule has 3 rings (SSSR count). The Balaban J connectivity index is 0.00000280. The molecule has 0 aliphatic carbocycles. The van der Waals surface area contributed by atoms with E-state index in [2.05, 4.69) is 43.3 Å². The summed E-state index contributed by atoms with van der Waals surface area (Å²) in [5, 5.41) is 12.3. The SMILES string of the molecule is CCc1cc(-c2ccc(/C=C/c3ccc(C)cc3)cc2)cc(C(C)=O)c1[O-].[Li+]. The first-order valence-corrected chi connectivity index (χ1v) is 9.18. The van der Waals surface area contributed by atoms with Crippen molar-refractivity contribution in [2.75, 3.05) is 0 Å². The van der Waals surface area contributed by atoms with E-state index in [1.807, 2.05) is 37.3 Å². The molecule has 0 fully saturated rings. The van der Waals surface area contributed by atoms with Crippen LogP contribution in [-0.2, 0) is 6.42 Å². The maximum atomic E-state index is 12.3.